The molecule has 5 aromatic rings. The summed E-state index contributed by atoms with van der Waals surface area (Å²) < 4.78 is 33.2. The van der Waals surface area contributed by atoms with Crippen molar-refractivity contribution in [2.75, 3.05) is 15.4 Å². The molecule has 0 atom stereocenters. The van der Waals surface area contributed by atoms with Gasteiger partial charge in [-0.3, -0.25) is 4.72 Å². The van der Waals surface area contributed by atoms with Crippen molar-refractivity contribution in [2.24, 2.45) is 0 Å². The SMILES string of the molecule is O=C(Nc1ccccc1)Nc1ccc(-c2nc(-c3cccc(NS(=O)(=O)c4ccccc4)c3)no2)cc1. The van der Waals surface area contributed by atoms with Gasteiger partial charge in [-0.25, -0.2) is 13.2 Å². The Kier molecular flexibility index (Phi) is 6.64. The van der Waals surface area contributed by atoms with Crippen molar-refractivity contribution in [2.45, 2.75) is 4.90 Å². The molecule has 5 rings (SSSR count). The lowest BCUT2D eigenvalue weighted by molar-refractivity contribution is 0.262. The highest BCUT2D eigenvalue weighted by molar-refractivity contribution is 7.92. The number of nitrogens with zero attached hydrogens (tertiary/aromatic N) is 2. The van der Waals surface area contributed by atoms with Crippen LogP contribution in [0.15, 0.2) is 119 Å². The number of rotatable bonds is 7. The van der Waals surface area contributed by atoms with Crippen LogP contribution in [0.5, 0.6) is 0 Å². The van der Waals surface area contributed by atoms with E-state index in [0.717, 1.165) is 0 Å². The van der Waals surface area contributed by atoms with E-state index in [0.29, 0.717) is 34.0 Å². The molecule has 0 aliphatic heterocycles. The molecule has 0 unspecified atom stereocenters. The molecule has 0 spiro atoms. The van der Waals surface area contributed by atoms with E-state index in [-0.39, 0.29) is 16.8 Å². The van der Waals surface area contributed by atoms with E-state index in [4.69, 9.17) is 4.52 Å². The molecular weight excluding hydrogens is 490 g/mol. The second-order valence-electron chi connectivity index (χ2n) is 7.94. The molecule has 3 N–H and O–H groups in total. The van der Waals surface area contributed by atoms with E-state index in [9.17, 15) is 13.2 Å². The number of sulfonamides is 1. The Morgan fingerprint density at radius 3 is 2.00 bits per heavy atom. The van der Waals surface area contributed by atoms with Crippen LogP contribution in [-0.4, -0.2) is 24.6 Å². The molecule has 0 radical (unpaired) electrons. The Balaban J connectivity index is 1.27. The van der Waals surface area contributed by atoms with Gasteiger partial charge in [-0.1, -0.05) is 53.7 Å². The number of anilines is 3. The maximum atomic E-state index is 12.6. The number of benzene rings is 4. The van der Waals surface area contributed by atoms with Gasteiger partial charge >= 0.3 is 6.03 Å². The zero-order valence-corrected chi connectivity index (χ0v) is 20.1. The second kappa shape index (κ2) is 10.3. The van der Waals surface area contributed by atoms with Gasteiger partial charge in [0, 0.05) is 28.2 Å². The van der Waals surface area contributed by atoms with Gasteiger partial charge < -0.3 is 15.2 Å². The first-order chi connectivity index (χ1) is 18.0. The highest BCUT2D eigenvalue weighted by atomic mass is 32.2. The summed E-state index contributed by atoms with van der Waals surface area (Å²) in [4.78, 5) is 16.8. The molecule has 37 heavy (non-hydrogen) atoms. The third-order valence-electron chi connectivity index (χ3n) is 5.27. The van der Waals surface area contributed by atoms with Crippen LogP contribution in [0.4, 0.5) is 21.9 Å². The topological polar surface area (TPSA) is 126 Å². The highest BCUT2D eigenvalue weighted by Crippen LogP contribution is 2.26. The van der Waals surface area contributed by atoms with Gasteiger partial charge in [0.1, 0.15) is 0 Å². The summed E-state index contributed by atoms with van der Waals surface area (Å²) in [6, 6.07) is 30.6. The number of hydrogen-bond acceptors (Lipinski definition) is 6. The zero-order chi connectivity index (χ0) is 25.7. The fourth-order valence-corrected chi connectivity index (χ4v) is 4.58. The summed E-state index contributed by atoms with van der Waals surface area (Å²) in [5.41, 5.74) is 2.90. The fourth-order valence-electron chi connectivity index (χ4n) is 3.50. The predicted octanol–water partition coefficient (Wildman–Crippen LogP) is 5.85. The van der Waals surface area contributed by atoms with Crippen molar-refractivity contribution in [3.05, 3.63) is 109 Å². The van der Waals surface area contributed by atoms with Crippen LogP contribution in [0.3, 0.4) is 0 Å². The van der Waals surface area contributed by atoms with Crippen molar-refractivity contribution in [1.82, 2.24) is 10.1 Å². The summed E-state index contributed by atoms with van der Waals surface area (Å²) in [5, 5.41) is 9.55. The second-order valence-corrected chi connectivity index (χ2v) is 9.63. The van der Waals surface area contributed by atoms with Crippen molar-refractivity contribution in [3.63, 3.8) is 0 Å². The number of nitrogens with one attached hydrogen (secondary N) is 3. The Labute approximate surface area is 213 Å². The van der Waals surface area contributed by atoms with Gasteiger partial charge in [0.2, 0.25) is 5.82 Å². The molecule has 10 heteroatoms. The minimum Gasteiger partial charge on any atom is -0.334 e. The molecule has 0 saturated heterocycles. The first kappa shape index (κ1) is 23.8. The summed E-state index contributed by atoms with van der Waals surface area (Å²) >= 11 is 0. The minimum atomic E-state index is -3.73. The standard InChI is InChI=1S/C27H21N5O4S/c33-27(28-21-9-3-1-4-10-21)29-22-16-14-19(15-17-22)26-30-25(31-36-26)20-8-7-11-23(18-20)32-37(34,35)24-12-5-2-6-13-24/h1-18,32H,(H2,28,29,33). The smallest absolute Gasteiger partial charge is 0.323 e. The number of carbonyl (C=O) groups excluding carboxylic acids is 1. The summed E-state index contributed by atoms with van der Waals surface area (Å²) in [6.45, 7) is 0. The van der Waals surface area contributed by atoms with Gasteiger partial charge in [-0.15, -0.1) is 0 Å². The van der Waals surface area contributed by atoms with Crippen LogP contribution in [0.25, 0.3) is 22.8 Å². The van der Waals surface area contributed by atoms with E-state index < -0.39 is 10.0 Å². The number of urea groups is 1. The molecule has 0 bridgehead atoms. The van der Waals surface area contributed by atoms with E-state index in [1.807, 2.05) is 18.2 Å². The van der Waals surface area contributed by atoms with Gasteiger partial charge in [0.15, 0.2) is 0 Å². The normalized spacial score (nSPS) is 11.0. The minimum absolute atomic E-state index is 0.165. The lowest BCUT2D eigenvalue weighted by Gasteiger charge is -2.08. The Bertz CT molecular complexity index is 1620. The number of hydrogen-bond donors (Lipinski definition) is 3. The van der Waals surface area contributed by atoms with Crippen molar-refractivity contribution in [3.8, 4) is 22.8 Å². The average molecular weight is 512 g/mol. The van der Waals surface area contributed by atoms with E-state index in [2.05, 4.69) is 25.5 Å². The molecule has 1 aromatic heterocycles. The Hall–Kier alpha value is -4.96. The summed E-state index contributed by atoms with van der Waals surface area (Å²) in [5.74, 6) is 0.589. The van der Waals surface area contributed by atoms with Crippen molar-refractivity contribution < 1.29 is 17.7 Å². The summed E-state index contributed by atoms with van der Waals surface area (Å²) in [7, 11) is -3.73. The van der Waals surface area contributed by atoms with E-state index in [1.165, 1.54) is 12.1 Å². The molecule has 0 aliphatic rings. The lowest BCUT2D eigenvalue weighted by atomic mass is 10.2. The van der Waals surface area contributed by atoms with Crippen LogP contribution >= 0.6 is 0 Å². The van der Waals surface area contributed by atoms with E-state index in [1.54, 1.807) is 78.9 Å². The molecule has 1 heterocycles. The quantitative estimate of drug-likeness (QED) is 0.252. The average Bonchev–Trinajstić information content (AvgIpc) is 3.41. The monoisotopic (exact) mass is 511 g/mol. The third-order valence-corrected chi connectivity index (χ3v) is 6.67. The van der Waals surface area contributed by atoms with E-state index >= 15 is 0 Å². The third kappa shape index (κ3) is 5.82. The molecule has 0 aliphatic carbocycles. The molecule has 2 amide bonds. The molecule has 184 valence electrons. The first-order valence-electron chi connectivity index (χ1n) is 11.2. The first-order valence-corrected chi connectivity index (χ1v) is 12.7. The molecule has 0 saturated carbocycles. The maximum Gasteiger partial charge on any atom is 0.323 e. The number of amides is 2. The van der Waals surface area contributed by atoms with Crippen LogP contribution < -0.4 is 15.4 Å². The van der Waals surface area contributed by atoms with Crippen LogP contribution in [0.2, 0.25) is 0 Å². The van der Waals surface area contributed by atoms with Crippen molar-refractivity contribution in [1.29, 1.82) is 0 Å². The largest absolute Gasteiger partial charge is 0.334 e. The van der Waals surface area contributed by atoms with Gasteiger partial charge in [-0.05, 0) is 60.7 Å². The van der Waals surface area contributed by atoms with Crippen LogP contribution in [-0.2, 0) is 10.0 Å². The number of carbonyl (C=O) groups is 1. The van der Waals surface area contributed by atoms with Gasteiger partial charge in [-0.2, -0.15) is 4.98 Å². The molecule has 4 aromatic carbocycles. The zero-order valence-electron chi connectivity index (χ0n) is 19.3. The molecular formula is C27H21N5O4S. The lowest BCUT2D eigenvalue weighted by Crippen LogP contribution is -2.19. The number of para-hydroxylation sites is 1. The maximum absolute atomic E-state index is 12.6. The number of aromatic nitrogens is 2. The van der Waals surface area contributed by atoms with Gasteiger partial charge in [0.25, 0.3) is 15.9 Å². The fraction of sp³-hybridized carbons (Fsp3) is 0. The molecule has 9 nitrogen and oxygen atoms in total. The molecule has 0 fully saturated rings. The summed E-state index contributed by atoms with van der Waals surface area (Å²) in [6.07, 6.45) is 0. The van der Waals surface area contributed by atoms with Crippen molar-refractivity contribution >= 4 is 33.1 Å². The Morgan fingerprint density at radius 1 is 0.676 bits per heavy atom. The van der Waals surface area contributed by atoms with Gasteiger partial charge in [0.05, 0.1) is 4.90 Å². The van der Waals surface area contributed by atoms with Crippen LogP contribution in [0, 0.1) is 0 Å². The Morgan fingerprint density at radius 2 is 1.30 bits per heavy atom. The predicted molar refractivity (Wildman–Crippen MR) is 142 cm³/mol. The highest BCUT2D eigenvalue weighted by Gasteiger charge is 2.15. The van der Waals surface area contributed by atoms with Crippen LogP contribution in [0.1, 0.15) is 0 Å².